The first-order valence-electron chi connectivity index (χ1n) is 12.0. The van der Waals surface area contributed by atoms with E-state index in [9.17, 15) is 9.59 Å². The van der Waals surface area contributed by atoms with E-state index in [1.54, 1.807) is 18.1 Å². The first kappa shape index (κ1) is 24.6. The summed E-state index contributed by atoms with van der Waals surface area (Å²) in [6.45, 7) is 6.08. The van der Waals surface area contributed by atoms with Crippen molar-refractivity contribution in [2.75, 3.05) is 26.8 Å². The van der Waals surface area contributed by atoms with E-state index >= 15 is 0 Å². The second-order valence-electron chi connectivity index (χ2n) is 9.10. The number of nitrogens with zero attached hydrogens (tertiary/aromatic N) is 5. The number of fused-ring (bicyclic) bond motifs is 1. The number of aromatic nitrogens is 4. The number of ether oxygens (including phenoxy) is 1. The van der Waals surface area contributed by atoms with E-state index in [2.05, 4.69) is 34.5 Å². The Labute approximate surface area is 204 Å². The maximum atomic E-state index is 13.2. The molecule has 35 heavy (non-hydrogen) atoms. The molecule has 10 nitrogen and oxygen atoms in total. The second-order valence-corrected chi connectivity index (χ2v) is 9.10. The Balaban J connectivity index is 1.47. The smallest absolute Gasteiger partial charge is 0.292 e. The maximum absolute atomic E-state index is 13.2. The van der Waals surface area contributed by atoms with Crippen LogP contribution in [0.15, 0.2) is 40.9 Å². The number of nitrogens with one attached hydrogen (secondary N) is 1. The fourth-order valence-corrected chi connectivity index (χ4v) is 4.24. The van der Waals surface area contributed by atoms with Crippen molar-refractivity contribution in [3.8, 4) is 11.3 Å². The summed E-state index contributed by atoms with van der Waals surface area (Å²) in [5, 5.41) is 16.0. The van der Waals surface area contributed by atoms with Crippen molar-refractivity contribution in [2.24, 2.45) is 5.92 Å². The summed E-state index contributed by atoms with van der Waals surface area (Å²) in [7, 11) is 1.57. The average molecular weight is 481 g/mol. The third-order valence-electron chi connectivity index (χ3n) is 6.02. The molecule has 1 aliphatic rings. The number of carbonyl (C=O) groups is 2. The molecule has 3 aromatic rings. The van der Waals surface area contributed by atoms with Crippen LogP contribution in [-0.2, 0) is 22.5 Å². The van der Waals surface area contributed by atoms with Crippen molar-refractivity contribution in [2.45, 2.75) is 45.7 Å². The zero-order valence-electron chi connectivity index (χ0n) is 20.4. The van der Waals surface area contributed by atoms with E-state index in [0.717, 1.165) is 23.6 Å². The first-order chi connectivity index (χ1) is 17.0. The molecule has 1 atom stereocenters. The zero-order chi connectivity index (χ0) is 24.8. The Bertz CT molecular complexity index is 1140. The van der Waals surface area contributed by atoms with E-state index in [4.69, 9.17) is 9.26 Å². The molecular formula is C25H32N6O4. The van der Waals surface area contributed by atoms with Crippen molar-refractivity contribution in [3.63, 3.8) is 0 Å². The largest absolute Gasteiger partial charge is 0.384 e. The number of amides is 2. The minimum Gasteiger partial charge on any atom is -0.384 e. The molecule has 10 heteroatoms. The zero-order valence-corrected chi connectivity index (χ0v) is 20.4. The summed E-state index contributed by atoms with van der Waals surface area (Å²) in [6, 6.07) is 11.0. The lowest BCUT2D eigenvalue weighted by Crippen LogP contribution is -2.34. The van der Waals surface area contributed by atoms with Crippen LogP contribution in [0.5, 0.6) is 0 Å². The van der Waals surface area contributed by atoms with Gasteiger partial charge in [0, 0.05) is 51.2 Å². The van der Waals surface area contributed by atoms with Gasteiger partial charge in [0.2, 0.25) is 11.7 Å². The topological polar surface area (TPSA) is 115 Å². The summed E-state index contributed by atoms with van der Waals surface area (Å²) in [5.41, 5.74) is 1.52. The quantitative estimate of drug-likeness (QED) is 0.501. The van der Waals surface area contributed by atoms with Crippen LogP contribution in [0.1, 0.15) is 54.9 Å². The molecule has 1 aromatic carbocycles. The van der Waals surface area contributed by atoms with E-state index in [1.807, 2.05) is 34.9 Å². The van der Waals surface area contributed by atoms with Gasteiger partial charge in [-0.05, 0) is 12.3 Å². The van der Waals surface area contributed by atoms with Crippen LogP contribution in [0.3, 0.4) is 0 Å². The van der Waals surface area contributed by atoms with Gasteiger partial charge >= 0.3 is 0 Å². The van der Waals surface area contributed by atoms with Crippen molar-refractivity contribution < 1.29 is 18.8 Å². The molecular weight excluding hydrogens is 448 g/mol. The molecule has 2 amide bonds. The van der Waals surface area contributed by atoms with Gasteiger partial charge < -0.3 is 24.0 Å². The van der Waals surface area contributed by atoms with Crippen LogP contribution < -0.4 is 5.32 Å². The van der Waals surface area contributed by atoms with E-state index < -0.39 is 0 Å². The fraction of sp³-hybridized carbons (Fsp3) is 0.480. The van der Waals surface area contributed by atoms with Crippen LogP contribution >= 0.6 is 0 Å². The van der Waals surface area contributed by atoms with Crippen molar-refractivity contribution in [1.82, 2.24) is 30.1 Å². The van der Waals surface area contributed by atoms with Gasteiger partial charge in [0.15, 0.2) is 5.82 Å². The molecule has 2 aromatic heterocycles. The average Bonchev–Trinajstić information content (AvgIpc) is 3.45. The summed E-state index contributed by atoms with van der Waals surface area (Å²) < 4.78 is 12.4. The van der Waals surface area contributed by atoms with Crippen molar-refractivity contribution in [1.29, 1.82) is 0 Å². The second kappa shape index (κ2) is 11.3. The van der Waals surface area contributed by atoms with Gasteiger partial charge in [-0.25, -0.2) is 0 Å². The number of hydrogen-bond acceptors (Lipinski definition) is 7. The number of rotatable bonds is 9. The normalized spacial score (nSPS) is 14.5. The molecule has 1 N–H and O–H groups in total. The third kappa shape index (κ3) is 5.94. The van der Waals surface area contributed by atoms with Gasteiger partial charge in [0.05, 0.1) is 12.6 Å². The van der Waals surface area contributed by atoms with Crippen LogP contribution in [0.2, 0.25) is 0 Å². The van der Waals surface area contributed by atoms with Crippen LogP contribution in [-0.4, -0.2) is 63.4 Å². The van der Waals surface area contributed by atoms with Crippen LogP contribution in [0, 0.1) is 5.92 Å². The number of carbonyl (C=O) groups excluding carboxylic acids is 2. The maximum Gasteiger partial charge on any atom is 0.292 e. The molecule has 0 spiro atoms. The molecule has 4 rings (SSSR count). The Morgan fingerprint density at radius 2 is 1.94 bits per heavy atom. The number of hydrogen-bond donors (Lipinski definition) is 1. The molecule has 186 valence electrons. The summed E-state index contributed by atoms with van der Waals surface area (Å²) in [6.07, 6.45) is 1.58. The Morgan fingerprint density at radius 1 is 1.14 bits per heavy atom. The molecule has 0 bridgehead atoms. The van der Waals surface area contributed by atoms with Gasteiger partial charge in [-0.1, -0.05) is 49.3 Å². The van der Waals surface area contributed by atoms with Crippen LogP contribution in [0.25, 0.3) is 11.3 Å². The number of benzene rings is 1. The minimum absolute atomic E-state index is 0.0835. The summed E-state index contributed by atoms with van der Waals surface area (Å²) in [5.74, 6) is 1.80. The van der Waals surface area contributed by atoms with Crippen molar-refractivity contribution in [3.05, 3.63) is 53.8 Å². The lowest BCUT2D eigenvalue weighted by Gasteiger charge is -2.22. The molecule has 0 saturated carbocycles. The highest BCUT2D eigenvalue weighted by molar-refractivity contribution is 5.92. The highest BCUT2D eigenvalue weighted by Gasteiger charge is 2.28. The predicted octanol–water partition coefficient (Wildman–Crippen LogP) is 2.87. The lowest BCUT2D eigenvalue weighted by molar-refractivity contribution is -0.122. The Hall–Kier alpha value is -3.53. The van der Waals surface area contributed by atoms with Gasteiger partial charge in [-0.2, -0.15) is 0 Å². The Morgan fingerprint density at radius 3 is 2.69 bits per heavy atom. The summed E-state index contributed by atoms with van der Waals surface area (Å²) in [4.78, 5) is 27.3. The minimum atomic E-state index is -0.259. The monoisotopic (exact) mass is 480 g/mol. The standard InChI is InChI=1S/C25H32N6O4/c1-17(2)15-20(26-23(32)10-14-34-3)24-28-27-22-9-11-30(12-13-31(22)24)25(33)21-16-19(29-35-21)18-7-5-4-6-8-18/h4-8,16-17,20H,9-15H2,1-3H3,(H,26,32)/t20-/m1/s1. The molecule has 0 fully saturated rings. The van der Waals surface area contributed by atoms with E-state index in [1.165, 1.54) is 0 Å². The molecule has 0 aliphatic carbocycles. The molecule has 0 radical (unpaired) electrons. The highest BCUT2D eigenvalue weighted by atomic mass is 16.5. The number of methoxy groups -OCH3 is 1. The van der Waals surface area contributed by atoms with E-state index in [0.29, 0.717) is 44.3 Å². The molecule has 3 heterocycles. The predicted molar refractivity (Wildman–Crippen MR) is 128 cm³/mol. The van der Waals surface area contributed by atoms with Gasteiger partial charge in [0.1, 0.15) is 11.5 Å². The SMILES string of the molecule is COCCC(=O)N[C@H](CC(C)C)c1nnc2n1CCN(C(=O)c1cc(-c3ccccc3)no1)CC2. The lowest BCUT2D eigenvalue weighted by atomic mass is 10.0. The molecule has 0 unspecified atom stereocenters. The van der Waals surface area contributed by atoms with Crippen LogP contribution in [0.4, 0.5) is 0 Å². The van der Waals surface area contributed by atoms with Gasteiger partial charge in [0.25, 0.3) is 5.91 Å². The molecule has 1 aliphatic heterocycles. The molecule has 0 saturated heterocycles. The van der Waals surface area contributed by atoms with Gasteiger partial charge in [-0.3, -0.25) is 9.59 Å². The Kier molecular flexibility index (Phi) is 7.91. The summed E-state index contributed by atoms with van der Waals surface area (Å²) >= 11 is 0. The highest BCUT2D eigenvalue weighted by Crippen LogP contribution is 2.24. The third-order valence-corrected chi connectivity index (χ3v) is 6.02. The van der Waals surface area contributed by atoms with Gasteiger partial charge in [-0.15, -0.1) is 10.2 Å². The van der Waals surface area contributed by atoms with Crippen molar-refractivity contribution >= 4 is 11.8 Å². The first-order valence-corrected chi connectivity index (χ1v) is 12.0. The van der Waals surface area contributed by atoms with E-state index in [-0.39, 0.29) is 30.0 Å². The fourth-order valence-electron chi connectivity index (χ4n) is 4.24.